The van der Waals surface area contributed by atoms with E-state index in [1.165, 1.54) is 36.4 Å². The van der Waals surface area contributed by atoms with E-state index >= 15 is 0 Å². The van der Waals surface area contributed by atoms with Crippen LogP contribution in [0.2, 0.25) is 0 Å². The summed E-state index contributed by atoms with van der Waals surface area (Å²) in [4.78, 5) is 159. The van der Waals surface area contributed by atoms with Crippen molar-refractivity contribution in [2.75, 3.05) is 65.3 Å². The lowest BCUT2D eigenvalue weighted by Crippen LogP contribution is -2.46. The minimum Gasteiger partial charge on any atom is -0.508 e. The molecule has 3 aliphatic rings. The summed E-state index contributed by atoms with van der Waals surface area (Å²) in [5, 5.41) is 71.9. The van der Waals surface area contributed by atoms with Gasteiger partial charge in [-0.1, -0.05) is 108 Å². The third kappa shape index (κ3) is 29.8. The monoisotopic (exact) mass is 1910 g/mol. The number of hydrogen-bond acceptors (Lipinski definition) is 24. The highest BCUT2D eigenvalue weighted by molar-refractivity contribution is 7.80. The number of ether oxygens (including phenoxy) is 5. The number of fused-ring (bicyclic) bond motifs is 9. The van der Waals surface area contributed by atoms with Crippen LogP contribution in [0.15, 0.2) is 168 Å². The summed E-state index contributed by atoms with van der Waals surface area (Å²) in [5.74, 6) is -4.30. The quantitative estimate of drug-likeness (QED) is 0.00554. The van der Waals surface area contributed by atoms with Gasteiger partial charge in [0.05, 0.1) is 63.2 Å². The number of phenols is 4. The Kier molecular flexibility index (Phi) is 40.0. The van der Waals surface area contributed by atoms with Gasteiger partial charge in [-0.25, -0.2) is 9.59 Å². The Morgan fingerprint density at radius 2 is 1.18 bits per heavy atom. The van der Waals surface area contributed by atoms with Crippen molar-refractivity contribution in [2.24, 2.45) is 51.8 Å². The lowest BCUT2D eigenvalue weighted by atomic mass is 9.77. The maximum absolute atomic E-state index is 14.3. The highest BCUT2D eigenvalue weighted by Gasteiger charge is 2.54. The summed E-state index contributed by atoms with van der Waals surface area (Å²) >= 11 is 5.29. The molecule has 1 spiro atoms. The number of aliphatic imine (C=N–C) groups is 1. The van der Waals surface area contributed by atoms with Gasteiger partial charge in [0, 0.05) is 123 Å². The number of amides is 7. The van der Waals surface area contributed by atoms with E-state index in [1.807, 2.05) is 56.3 Å². The molecule has 0 aromatic heterocycles. The van der Waals surface area contributed by atoms with Gasteiger partial charge in [0.25, 0.3) is 0 Å². The van der Waals surface area contributed by atoms with E-state index < -0.39 is 89.5 Å². The average molecular weight is 1920 g/mol. The first-order valence-corrected chi connectivity index (χ1v) is 46.4. The molecule has 1 aliphatic carbocycles. The number of aryl methyl sites for hydroxylation is 2. The molecule has 0 radical (unpaired) electrons. The van der Waals surface area contributed by atoms with Crippen molar-refractivity contribution >= 4 is 99.3 Å². The van der Waals surface area contributed by atoms with Crippen molar-refractivity contribution in [3.8, 4) is 62.9 Å². The molecular weight excluding hydrogens is 1790 g/mol. The number of aliphatic hydroxyl groups is 1. The third-order valence-electron chi connectivity index (χ3n) is 24.2. The number of methoxy groups -OCH3 is 3. The van der Waals surface area contributed by atoms with Crippen LogP contribution >= 0.6 is 12.2 Å². The molecule has 0 saturated carbocycles. The minimum absolute atomic E-state index is 0.00507. The zero-order valence-corrected chi connectivity index (χ0v) is 80.1. The number of nitrogens with one attached hydrogen (secondary N) is 8. The number of aromatic hydroxyl groups is 4. The number of rotatable bonds is 44. The average Bonchev–Trinajstić information content (AvgIpc) is 1.52. The van der Waals surface area contributed by atoms with Gasteiger partial charge in [-0.15, -0.1) is 0 Å². The summed E-state index contributed by atoms with van der Waals surface area (Å²) in [5.41, 5.74) is 22.6. The van der Waals surface area contributed by atoms with Gasteiger partial charge in [-0.05, 0) is 207 Å². The fraction of sp³-hybridized carbons (Fsp3) is 0.398. The Morgan fingerprint density at radius 3 is 1.78 bits per heavy atom. The normalized spacial score (nSPS) is 14.2. The maximum atomic E-state index is 14.3. The molecule has 0 unspecified atom stereocenters. The van der Waals surface area contributed by atoms with Crippen molar-refractivity contribution < 1.29 is 102 Å². The lowest BCUT2D eigenvalue weighted by Gasteiger charge is -2.36. The summed E-state index contributed by atoms with van der Waals surface area (Å²) in [6, 6.07) is 40.6. The number of primary amides is 1. The smallest absolute Gasteiger partial charge is 0.340 e. The molecule has 34 nitrogen and oxygen atoms in total. The van der Waals surface area contributed by atoms with Gasteiger partial charge < -0.3 is 109 Å². The molecule has 138 heavy (non-hydrogen) atoms. The lowest BCUT2D eigenvalue weighted by molar-refractivity contribution is -0.135. The number of urea groups is 1. The second kappa shape index (κ2) is 51.5. The van der Waals surface area contributed by atoms with Crippen LogP contribution in [0.4, 0.5) is 16.2 Å². The number of esters is 1. The van der Waals surface area contributed by atoms with E-state index in [2.05, 4.69) is 54.5 Å². The number of Topliss-reactive ketones (excluding diaryl/α,β-unsaturated/α-hetero) is 4. The first kappa shape index (κ1) is 107. The standard InChI is InChI=1S/C46H54N2O9.C32H51N7O7.C25H21N3O6S/c1-26(2)20-38(48-45(53)28(4)21-29-9-14-33(49)15-10-29)39(51)23-32(22-30-11-16-34(50)17-12-30)46(54)47-37-19-18-35-36(25-40(37)52)27(3)8-13-31-24-41(55-5)43(56-6)44(57-7)42(31)35;1-3-26(41)25(14-13-22-10-5-4-6-11-22)38-29(44)16-15-27(42)24(12-8-18-37-32(35)46)39-30(45)23(20-40)19-28(43)21(2)9-7-17-36-31(33)34;1-26-22(31)8-9-27-24(35)28-13-2-5-17-16(10-13)23(32)34-25(17)18-6-3-14(29)11-20(18)33-21-12-15(30)4-7-19(21)25/h9-12,14-19,24-28,32,38,49-50H,8,13,20-23H2,1-7H3,(H,48,53)(H,47,52,54);4-6,10-11,21,23-25,40H,3,7-9,12-20H2,1-2H3,(H,38,44)(H,39,45)(H4,33,34,36)(H3,35,37,46);2-7,10-12,29-30H,8-9H2,1H3,(H,26,31)(H2,27,28,35)/t27-,28-,32+,38-;21-,23-,24-,25-;/m00./s1. The molecule has 8 aromatic rings. The van der Waals surface area contributed by atoms with Crippen LogP contribution in [0.25, 0.3) is 11.1 Å². The number of hydrogen-bond donors (Lipinski definition) is 16. The Bertz CT molecular complexity index is 5730. The van der Waals surface area contributed by atoms with Crippen LogP contribution < -0.4 is 84.1 Å². The summed E-state index contributed by atoms with van der Waals surface area (Å²) < 4.78 is 29.2. The van der Waals surface area contributed by atoms with Crippen LogP contribution in [0.1, 0.15) is 186 Å². The van der Waals surface area contributed by atoms with Crippen LogP contribution in [-0.2, 0) is 79.2 Å². The van der Waals surface area contributed by atoms with Gasteiger partial charge in [0.15, 0.2) is 45.5 Å². The van der Waals surface area contributed by atoms with E-state index in [0.29, 0.717) is 125 Å². The molecule has 0 saturated heterocycles. The van der Waals surface area contributed by atoms with Crippen molar-refractivity contribution in [3.05, 3.63) is 218 Å². The van der Waals surface area contributed by atoms with Crippen molar-refractivity contribution in [2.45, 2.75) is 180 Å². The number of nitrogens with zero attached hydrogens (tertiary/aromatic N) is 1. The number of thiocarbonyl (C=S) groups is 1. The van der Waals surface area contributed by atoms with Crippen LogP contribution in [0.3, 0.4) is 0 Å². The number of benzene rings is 7. The van der Waals surface area contributed by atoms with E-state index in [0.717, 1.165) is 39.8 Å². The van der Waals surface area contributed by atoms with Crippen molar-refractivity contribution in [1.82, 2.24) is 31.9 Å². The molecule has 0 bridgehead atoms. The van der Waals surface area contributed by atoms with Gasteiger partial charge in [0.2, 0.25) is 40.7 Å². The number of carbonyl (C=O) groups excluding carboxylic acids is 11. The summed E-state index contributed by atoms with van der Waals surface area (Å²) in [6.45, 7) is 11.4. The zero-order chi connectivity index (χ0) is 101. The van der Waals surface area contributed by atoms with E-state index in [1.54, 1.807) is 128 Å². The second-order valence-electron chi connectivity index (χ2n) is 34.9. The SMILES string of the molecule is CCC(=O)[C@H](CCc1ccccc1)NC(=O)CCC(=O)[C@H](CCCNC(N)=O)NC(=O)[C@H](CO)CC(=O)[C@@H](C)CCCN=C(N)N.CNC(=O)CCNC(=S)Nc1ccc2c(c1)C(=O)OC21c2ccc(O)cc2Oc2cc(O)ccc21.COc1cc2c(c(OC)c1OC)-c1ccc(NC(=O)[C@@H](CC(=O)[C@H](CC(C)C)NC(=O)[C@@H](C)Cc3ccc(O)cc3)Cc3ccc(O)cc3)c(=O)cc1[C@@H](C)CC2. The highest BCUT2D eigenvalue weighted by atomic mass is 32.1. The molecule has 736 valence electrons. The second-order valence-corrected chi connectivity index (χ2v) is 35.3. The summed E-state index contributed by atoms with van der Waals surface area (Å²) in [7, 11) is 6.24. The van der Waals surface area contributed by atoms with Gasteiger partial charge >= 0.3 is 12.0 Å². The molecular formula is C103H126N12O22S. The molecule has 19 N–H and O–H groups in total. The Hall–Kier alpha value is -14.5. The molecule has 8 aromatic carbocycles. The number of ketones is 4. The van der Waals surface area contributed by atoms with Gasteiger partial charge in [-0.3, -0.25) is 52.9 Å². The molecule has 35 heteroatoms. The predicted octanol–water partition coefficient (Wildman–Crippen LogP) is 11.1. The number of carbonyl (C=O) groups is 11. The zero-order valence-electron chi connectivity index (χ0n) is 79.3. The summed E-state index contributed by atoms with van der Waals surface area (Å²) in [6.07, 6.45) is 4.51. The maximum Gasteiger partial charge on any atom is 0.340 e. The number of phenolic OH excluding ortho intramolecular Hbond substituents is 4. The van der Waals surface area contributed by atoms with Gasteiger partial charge in [0.1, 0.15) is 40.3 Å². The largest absolute Gasteiger partial charge is 0.508 e. The first-order valence-electron chi connectivity index (χ1n) is 46.0. The molecule has 7 amide bonds. The number of guanidine groups is 1. The first-order chi connectivity index (χ1) is 65.9. The minimum atomic E-state index is -1.32. The number of anilines is 2. The fourth-order valence-corrected chi connectivity index (χ4v) is 16.9. The van der Waals surface area contributed by atoms with E-state index in [9.17, 15) is 83.1 Å². The molecule has 0 fully saturated rings. The topological polar surface area (TPSA) is 539 Å². The molecule has 8 atom stereocenters. The number of nitrogens with two attached hydrogens (primary N) is 3. The van der Waals surface area contributed by atoms with Crippen molar-refractivity contribution in [1.29, 1.82) is 0 Å². The van der Waals surface area contributed by atoms with Gasteiger partial charge in [-0.2, -0.15) is 0 Å². The van der Waals surface area contributed by atoms with Crippen LogP contribution in [0, 0.1) is 29.6 Å². The third-order valence-corrected chi connectivity index (χ3v) is 24.5. The fourth-order valence-electron chi connectivity index (χ4n) is 16.7. The molecule has 2 aliphatic heterocycles. The Morgan fingerprint density at radius 1 is 0.565 bits per heavy atom. The van der Waals surface area contributed by atoms with Crippen molar-refractivity contribution in [3.63, 3.8) is 0 Å². The van der Waals surface area contributed by atoms with Crippen LogP contribution in [-0.4, -0.2) is 174 Å². The molecule has 2 heterocycles. The highest BCUT2D eigenvalue weighted by Crippen LogP contribution is 2.58. The van der Waals surface area contributed by atoms with E-state index in [4.69, 9.17) is 53.1 Å². The number of aliphatic hydroxyl groups excluding tert-OH is 1. The predicted molar refractivity (Wildman–Crippen MR) is 526 cm³/mol. The van der Waals surface area contributed by atoms with E-state index in [-0.39, 0.29) is 145 Å². The Balaban J connectivity index is 0.000000238. The molecule has 11 rings (SSSR count). The Labute approximate surface area is 807 Å². The van der Waals surface area contributed by atoms with Crippen LogP contribution in [0.5, 0.6) is 51.7 Å².